The van der Waals surface area contributed by atoms with E-state index >= 15 is 0 Å². The number of hydrogen-bond acceptors (Lipinski definition) is 5. The predicted molar refractivity (Wildman–Crippen MR) is 75.4 cm³/mol. The molecule has 0 aliphatic carbocycles. The molecule has 1 aliphatic rings. The molecule has 2 atom stereocenters. The van der Waals surface area contributed by atoms with Gasteiger partial charge in [0, 0.05) is 11.8 Å². The molecule has 0 bridgehead atoms. The van der Waals surface area contributed by atoms with Crippen LogP contribution in [0.2, 0.25) is 0 Å². The first-order valence-corrected chi connectivity index (χ1v) is 7.08. The number of hydrogen-bond donors (Lipinski definition) is 1. The quantitative estimate of drug-likeness (QED) is 0.869. The molecule has 0 saturated heterocycles. The highest BCUT2D eigenvalue weighted by molar-refractivity contribution is 7.99. The van der Waals surface area contributed by atoms with Crippen LogP contribution in [0.15, 0.2) is 47.9 Å². The van der Waals surface area contributed by atoms with Gasteiger partial charge in [0.25, 0.3) is 0 Å². The summed E-state index contributed by atoms with van der Waals surface area (Å²) in [6.07, 6.45) is 3.34. The molecule has 3 rings (SSSR count). The van der Waals surface area contributed by atoms with Gasteiger partial charge < -0.3 is 10.1 Å². The van der Waals surface area contributed by atoms with E-state index in [0.29, 0.717) is 11.9 Å². The monoisotopic (exact) mass is 273 g/mol. The van der Waals surface area contributed by atoms with Crippen LogP contribution in [0.5, 0.6) is 5.75 Å². The Morgan fingerprint density at radius 1 is 1.32 bits per heavy atom. The summed E-state index contributed by atoms with van der Waals surface area (Å²) in [5, 5.41) is 4.66. The fourth-order valence-electron chi connectivity index (χ4n) is 2.28. The van der Waals surface area contributed by atoms with Crippen molar-refractivity contribution < 1.29 is 4.74 Å². The molecule has 1 aromatic carbocycles. The van der Waals surface area contributed by atoms with E-state index in [1.165, 1.54) is 5.56 Å². The van der Waals surface area contributed by atoms with Crippen LogP contribution >= 0.6 is 11.8 Å². The van der Waals surface area contributed by atoms with Gasteiger partial charge in [-0.15, -0.1) is 0 Å². The first kappa shape index (κ1) is 12.4. The smallest absolute Gasteiger partial charge is 0.124 e. The van der Waals surface area contributed by atoms with Crippen LogP contribution in [0.25, 0.3) is 0 Å². The number of aromatic nitrogens is 2. The second-order valence-corrected chi connectivity index (χ2v) is 5.58. The van der Waals surface area contributed by atoms with Crippen LogP contribution in [-0.4, -0.2) is 28.9 Å². The lowest BCUT2D eigenvalue weighted by Crippen LogP contribution is -2.35. The Morgan fingerprint density at radius 3 is 3.00 bits per heavy atom. The van der Waals surface area contributed by atoms with E-state index in [9.17, 15) is 0 Å². The molecule has 2 unspecified atom stereocenters. The highest BCUT2D eigenvalue weighted by atomic mass is 32.2. The highest BCUT2D eigenvalue weighted by Crippen LogP contribution is 2.38. The molecule has 2 heterocycles. The molecule has 2 aromatic rings. The zero-order valence-electron chi connectivity index (χ0n) is 10.6. The van der Waals surface area contributed by atoms with E-state index in [1.807, 2.05) is 31.3 Å². The fraction of sp³-hybridized carbons (Fsp3) is 0.286. The second kappa shape index (κ2) is 5.59. The molecule has 98 valence electrons. The van der Waals surface area contributed by atoms with Gasteiger partial charge in [-0.2, -0.15) is 0 Å². The van der Waals surface area contributed by atoms with E-state index in [4.69, 9.17) is 4.74 Å². The van der Waals surface area contributed by atoms with Crippen molar-refractivity contribution in [2.45, 2.75) is 16.3 Å². The third-order valence-corrected chi connectivity index (χ3v) is 4.36. The van der Waals surface area contributed by atoms with E-state index < -0.39 is 0 Å². The molecule has 0 radical (unpaired) electrons. The zero-order chi connectivity index (χ0) is 13.1. The summed E-state index contributed by atoms with van der Waals surface area (Å²) in [7, 11) is 1.99. The molecule has 5 heteroatoms. The van der Waals surface area contributed by atoms with Crippen molar-refractivity contribution in [2.75, 3.05) is 13.7 Å². The maximum Gasteiger partial charge on any atom is 0.124 e. The summed E-state index contributed by atoms with van der Waals surface area (Å²) >= 11 is 1.72. The Kier molecular flexibility index (Phi) is 3.66. The van der Waals surface area contributed by atoms with Gasteiger partial charge in [0.2, 0.25) is 0 Å². The Balaban J connectivity index is 1.84. The number of benzene rings is 1. The normalized spacial score (nSPS) is 21.5. The van der Waals surface area contributed by atoms with Gasteiger partial charge in [0.1, 0.15) is 18.7 Å². The number of para-hydroxylation sites is 1. The third-order valence-electron chi connectivity index (χ3n) is 3.17. The summed E-state index contributed by atoms with van der Waals surface area (Å²) in [5.74, 6) is 0.974. The first-order chi connectivity index (χ1) is 9.38. The Bertz CT molecular complexity index is 549. The number of nitrogens with one attached hydrogen (secondary N) is 1. The van der Waals surface area contributed by atoms with Crippen molar-refractivity contribution in [3.63, 3.8) is 0 Å². The van der Waals surface area contributed by atoms with Gasteiger partial charge in [0.05, 0.1) is 16.3 Å². The summed E-state index contributed by atoms with van der Waals surface area (Å²) < 4.78 is 5.84. The van der Waals surface area contributed by atoms with E-state index in [2.05, 4.69) is 21.4 Å². The molecule has 0 saturated carbocycles. The Hall–Kier alpha value is -1.59. The summed E-state index contributed by atoms with van der Waals surface area (Å²) in [6, 6.07) is 10.4. The highest BCUT2D eigenvalue weighted by Gasteiger charge is 2.30. The number of ether oxygens (including phenoxy) is 1. The molecule has 0 spiro atoms. The van der Waals surface area contributed by atoms with Crippen molar-refractivity contribution in [2.24, 2.45) is 0 Å². The molecule has 0 amide bonds. The number of thioether (sulfide) groups is 1. The van der Waals surface area contributed by atoms with Crippen molar-refractivity contribution in [3.8, 4) is 5.75 Å². The van der Waals surface area contributed by atoms with E-state index in [0.717, 1.165) is 10.8 Å². The molecule has 1 aromatic heterocycles. The first-order valence-electron chi connectivity index (χ1n) is 6.20. The Labute approximate surface area is 116 Å². The average Bonchev–Trinajstić information content (AvgIpc) is 2.48. The average molecular weight is 273 g/mol. The Morgan fingerprint density at radius 2 is 2.21 bits per heavy atom. The standard InChI is InChI=1S/C14H15N3OS/c1-15-14-10-4-2-3-5-11(10)18-8-12(14)19-13-6-7-16-9-17-13/h2-7,9,12,14-15H,8H2,1H3. The molecular formula is C14H15N3OS. The molecule has 1 aliphatic heterocycles. The van der Waals surface area contributed by atoms with Gasteiger partial charge in [-0.3, -0.25) is 0 Å². The lowest BCUT2D eigenvalue weighted by atomic mass is 10.0. The molecule has 1 N–H and O–H groups in total. The largest absolute Gasteiger partial charge is 0.492 e. The predicted octanol–water partition coefficient (Wildman–Crippen LogP) is 2.29. The topological polar surface area (TPSA) is 47.0 Å². The van der Waals surface area contributed by atoms with Crippen molar-refractivity contribution in [3.05, 3.63) is 48.4 Å². The van der Waals surface area contributed by atoms with Gasteiger partial charge in [-0.05, 0) is 19.2 Å². The molecule has 0 fully saturated rings. The summed E-state index contributed by atoms with van der Waals surface area (Å²) in [4.78, 5) is 8.21. The molecule has 4 nitrogen and oxygen atoms in total. The maximum absolute atomic E-state index is 5.84. The lowest BCUT2D eigenvalue weighted by Gasteiger charge is -2.32. The van der Waals surface area contributed by atoms with Crippen LogP contribution in [0.3, 0.4) is 0 Å². The van der Waals surface area contributed by atoms with Crippen LogP contribution in [-0.2, 0) is 0 Å². The van der Waals surface area contributed by atoms with Gasteiger partial charge in [-0.1, -0.05) is 30.0 Å². The number of fused-ring (bicyclic) bond motifs is 1. The van der Waals surface area contributed by atoms with Gasteiger partial charge >= 0.3 is 0 Å². The maximum atomic E-state index is 5.84. The van der Waals surface area contributed by atoms with Gasteiger partial charge in [-0.25, -0.2) is 9.97 Å². The second-order valence-electron chi connectivity index (χ2n) is 4.32. The summed E-state index contributed by atoms with van der Waals surface area (Å²) in [5.41, 5.74) is 1.21. The van der Waals surface area contributed by atoms with Crippen LogP contribution in [0, 0.1) is 0 Å². The van der Waals surface area contributed by atoms with Crippen molar-refractivity contribution >= 4 is 11.8 Å². The molecular weight excluding hydrogens is 258 g/mol. The van der Waals surface area contributed by atoms with Crippen molar-refractivity contribution in [1.29, 1.82) is 0 Å². The van der Waals surface area contributed by atoms with Gasteiger partial charge in [0.15, 0.2) is 0 Å². The zero-order valence-corrected chi connectivity index (χ0v) is 11.4. The van der Waals surface area contributed by atoms with Crippen LogP contribution in [0.1, 0.15) is 11.6 Å². The number of rotatable bonds is 3. The minimum absolute atomic E-state index is 0.268. The minimum atomic E-state index is 0.268. The van der Waals surface area contributed by atoms with Crippen LogP contribution < -0.4 is 10.1 Å². The third kappa shape index (κ3) is 2.57. The minimum Gasteiger partial charge on any atom is -0.492 e. The van der Waals surface area contributed by atoms with Crippen molar-refractivity contribution in [1.82, 2.24) is 15.3 Å². The van der Waals surface area contributed by atoms with Crippen LogP contribution in [0.4, 0.5) is 0 Å². The van der Waals surface area contributed by atoms with E-state index in [1.54, 1.807) is 24.3 Å². The fourth-order valence-corrected chi connectivity index (χ4v) is 3.40. The lowest BCUT2D eigenvalue weighted by molar-refractivity contribution is 0.265. The number of nitrogens with zero attached hydrogens (tertiary/aromatic N) is 2. The SMILES string of the molecule is CNC1c2ccccc2OCC1Sc1ccncn1. The summed E-state index contributed by atoms with van der Waals surface area (Å²) in [6.45, 7) is 0.678. The van der Waals surface area contributed by atoms with E-state index in [-0.39, 0.29) is 6.04 Å². The molecule has 19 heavy (non-hydrogen) atoms.